The van der Waals surface area contributed by atoms with Gasteiger partial charge in [0.15, 0.2) is 11.5 Å². The van der Waals surface area contributed by atoms with Crippen LogP contribution < -0.4 is 14.2 Å². The van der Waals surface area contributed by atoms with Crippen molar-refractivity contribution in [2.24, 2.45) is 0 Å². The Bertz CT molecular complexity index is 1450. The maximum Gasteiger partial charge on any atom is 0.293 e. The summed E-state index contributed by atoms with van der Waals surface area (Å²) in [5, 5.41) is 0.587. The molecule has 1 heterocycles. The predicted molar refractivity (Wildman–Crippen MR) is 160 cm³/mol. The number of carbonyl (C=O) groups is 2. The number of hydrogen-bond acceptors (Lipinski definition) is 6. The molecule has 0 atom stereocenters. The fraction of sp³-hybridized carbons (Fsp3) is 0.241. The fourth-order valence-electron chi connectivity index (χ4n) is 3.81. The van der Waals surface area contributed by atoms with Gasteiger partial charge in [0.2, 0.25) is 0 Å². The highest BCUT2D eigenvalue weighted by Gasteiger charge is 2.35. The second-order valence-electron chi connectivity index (χ2n) is 8.75. The maximum atomic E-state index is 13.0. The van der Waals surface area contributed by atoms with E-state index in [-0.39, 0.29) is 30.9 Å². The summed E-state index contributed by atoms with van der Waals surface area (Å²) in [7, 11) is 0. The molecule has 2 amide bonds. The first-order chi connectivity index (χ1) is 18.7. The molecule has 1 aliphatic heterocycles. The molecule has 0 aliphatic carbocycles. The summed E-state index contributed by atoms with van der Waals surface area (Å²) >= 11 is 16.6. The quantitative estimate of drug-likeness (QED) is 0.205. The van der Waals surface area contributed by atoms with Crippen molar-refractivity contribution in [3.05, 3.63) is 90.2 Å². The Hall–Kier alpha value is -2.65. The molecule has 0 spiro atoms. The zero-order valence-corrected chi connectivity index (χ0v) is 25.5. The number of hydrogen-bond donors (Lipinski definition) is 0. The van der Waals surface area contributed by atoms with Crippen molar-refractivity contribution in [3.8, 4) is 17.2 Å². The van der Waals surface area contributed by atoms with Gasteiger partial charge >= 0.3 is 0 Å². The summed E-state index contributed by atoms with van der Waals surface area (Å²) in [4.78, 5) is 27.2. The zero-order chi connectivity index (χ0) is 28.1. The monoisotopic (exact) mass is 649 g/mol. The molecule has 10 heteroatoms. The summed E-state index contributed by atoms with van der Waals surface area (Å²) in [6, 6.07) is 14.8. The molecule has 1 aliphatic rings. The van der Waals surface area contributed by atoms with Gasteiger partial charge < -0.3 is 14.2 Å². The molecule has 204 valence electrons. The molecule has 3 aromatic rings. The van der Waals surface area contributed by atoms with Crippen LogP contribution in [0.25, 0.3) is 6.08 Å². The first-order valence-electron chi connectivity index (χ1n) is 12.1. The minimum atomic E-state index is -0.358. The number of imide groups is 1. The lowest BCUT2D eigenvalue weighted by molar-refractivity contribution is -0.123. The van der Waals surface area contributed by atoms with Crippen LogP contribution in [0.15, 0.2) is 57.9 Å². The predicted octanol–water partition coefficient (Wildman–Crippen LogP) is 8.47. The van der Waals surface area contributed by atoms with Crippen LogP contribution in [-0.2, 0) is 11.4 Å². The molecule has 1 saturated heterocycles. The molecule has 4 rings (SSSR count). The lowest BCUT2D eigenvalue weighted by Crippen LogP contribution is -2.32. The SMILES string of the molecule is CCOc1cc(/C=C2\SC(=O)N(CCOc3cc(C)ccc3C)C2=O)cc(Br)c1OCc1ccc(Cl)c(Cl)c1. The molecule has 0 aromatic heterocycles. The number of ether oxygens (including phenoxy) is 3. The largest absolute Gasteiger partial charge is 0.491 e. The molecule has 0 saturated carbocycles. The number of benzene rings is 3. The Morgan fingerprint density at radius 2 is 1.74 bits per heavy atom. The van der Waals surface area contributed by atoms with E-state index in [1.54, 1.807) is 24.3 Å². The number of carbonyl (C=O) groups excluding carboxylic acids is 2. The lowest BCUT2D eigenvalue weighted by Gasteiger charge is -2.15. The Morgan fingerprint density at radius 1 is 0.949 bits per heavy atom. The van der Waals surface area contributed by atoms with Crippen molar-refractivity contribution >= 4 is 68.1 Å². The molecular weight excluding hydrogens is 625 g/mol. The highest BCUT2D eigenvalue weighted by molar-refractivity contribution is 9.10. The van der Waals surface area contributed by atoms with Gasteiger partial charge in [0, 0.05) is 0 Å². The van der Waals surface area contributed by atoms with Crippen LogP contribution >= 0.6 is 50.9 Å². The van der Waals surface area contributed by atoms with E-state index in [2.05, 4.69) is 15.9 Å². The Kier molecular flexibility index (Phi) is 9.88. The van der Waals surface area contributed by atoms with Crippen LogP contribution in [0.4, 0.5) is 4.79 Å². The number of aryl methyl sites for hydroxylation is 2. The summed E-state index contributed by atoms with van der Waals surface area (Å²) in [5.41, 5.74) is 3.60. The number of rotatable bonds is 10. The Labute approximate surface area is 250 Å². The van der Waals surface area contributed by atoms with Crippen LogP contribution in [0.5, 0.6) is 17.2 Å². The van der Waals surface area contributed by atoms with Crippen LogP contribution in [0.3, 0.4) is 0 Å². The van der Waals surface area contributed by atoms with Gasteiger partial charge in [-0.3, -0.25) is 14.5 Å². The van der Waals surface area contributed by atoms with E-state index in [9.17, 15) is 9.59 Å². The number of thioether (sulfide) groups is 1. The summed E-state index contributed by atoms with van der Waals surface area (Å²) in [5.74, 6) is 1.40. The van der Waals surface area contributed by atoms with Crippen LogP contribution in [0.2, 0.25) is 10.0 Å². The molecule has 0 bridgehead atoms. The third-order valence-electron chi connectivity index (χ3n) is 5.79. The third kappa shape index (κ3) is 7.31. The second-order valence-corrected chi connectivity index (χ2v) is 11.4. The fourth-order valence-corrected chi connectivity index (χ4v) is 5.57. The maximum absolute atomic E-state index is 13.0. The van der Waals surface area contributed by atoms with Crippen molar-refractivity contribution in [1.29, 1.82) is 0 Å². The summed E-state index contributed by atoms with van der Waals surface area (Å²) < 4.78 is 18.3. The number of amides is 2. The topological polar surface area (TPSA) is 65.1 Å². The van der Waals surface area contributed by atoms with Gasteiger partial charge in [0.05, 0.1) is 32.6 Å². The van der Waals surface area contributed by atoms with Crippen molar-refractivity contribution in [3.63, 3.8) is 0 Å². The smallest absolute Gasteiger partial charge is 0.293 e. The van der Waals surface area contributed by atoms with Crippen molar-refractivity contribution < 1.29 is 23.8 Å². The minimum Gasteiger partial charge on any atom is -0.491 e. The van der Waals surface area contributed by atoms with E-state index in [1.807, 2.05) is 51.1 Å². The molecule has 6 nitrogen and oxygen atoms in total. The first kappa shape index (κ1) is 29.3. The van der Waals surface area contributed by atoms with Gasteiger partial charge in [-0.05, 0) is 107 Å². The van der Waals surface area contributed by atoms with Gasteiger partial charge in [-0.2, -0.15) is 0 Å². The Morgan fingerprint density at radius 3 is 2.49 bits per heavy atom. The van der Waals surface area contributed by atoms with Gasteiger partial charge in [-0.25, -0.2) is 0 Å². The van der Waals surface area contributed by atoms with Crippen molar-refractivity contribution in [1.82, 2.24) is 4.90 Å². The third-order valence-corrected chi connectivity index (χ3v) is 8.02. The van der Waals surface area contributed by atoms with Crippen LogP contribution in [0, 0.1) is 13.8 Å². The van der Waals surface area contributed by atoms with E-state index < -0.39 is 0 Å². The molecule has 1 fully saturated rings. The lowest BCUT2D eigenvalue weighted by atomic mass is 10.1. The zero-order valence-electron chi connectivity index (χ0n) is 21.6. The van der Waals surface area contributed by atoms with E-state index in [1.165, 1.54) is 4.90 Å². The minimum absolute atomic E-state index is 0.158. The van der Waals surface area contributed by atoms with Crippen LogP contribution in [-0.4, -0.2) is 35.8 Å². The Balaban J connectivity index is 1.47. The first-order valence-corrected chi connectivity index (χ1v) is 14.5. The van der Waals surface area contributed by atoms with Crippen molar-refractivity contribution in [2.45, 2.75) is 27.4 Å². The number of halogens is 3. The summed E-state index contributed by atoms with van der Waals surface area (Å²) in [6.45, 7) is 6.83. The van der Waals surface area contributed by atoms with E-state index in [0.29, 0.717) is 43.1 Å². The molecule has 0 unspecified atom stereocenters. The highest BCUT2D eigenvalue weighted by atomic mass is 79.9. The normalized spacial score (nSPS) is 14.3. The average molecular weight is 651 g/mol. The van der Waals surface area contributed by atoms with Gasteiger partial charge in [-0.1, -0.05) is 41.4 Å². The second kappa shape index (κ2) is 13.1. The van der Waals surface area contributed by atoms with E-state index >= 15 is 0 Å². The molecule has 0 N–H and O–H groups in total. The van der Waals surface area contributed by atoms with Gasteiger partial charge in [0.1, 0.15) is 19.0 Å². The van der Waals surface area contributed by atoms with Crippen LogP contribution in [0.1, 0.15) is 29.2 Å². The molecule has 39 heavy (non-hydrogen) atoms. The van der Waals surface area contributed by atoms with E-state index in [4.69, 9.17) is 37.4 Å². The molecular formula is C29H26BrCl2NO5S. The van der Waals surface area contributed by atoms with Gasteiger partial charge in [0.25, 0.3) is 11.1 Å². The molecule has 0 radical (unpaired) electrons. The highest BCUT2D eigenvalue weighted by Crippen LogP contribution is 2.40. The molecule has 3 aromatic carbocycles. The number of nitrogens with zero attached hydrogens (tertiary/aromatic N) is 1. The summed E-state index contributed by atoms with van der Waals surface area (Å²) in [6.07, 6.45) is 1.67. The van der Waals surface area contributed by atoms with E-state index in [0.717, 1.165) is 34.2 Å². The average Bonchev–Trinajstić information content (AvgIpc) is 3.15. The van der Waals surface area contributed by atoms with Gasteiger partial charge in [-0.15, -0.1) is 0 Å². The van der Waals surface area contributed by atoms with Crippen molar-refractivity contribution in [2.75, 3.05) is 19.8 Å². The standard InChI is InChI=1S/C29H26BrCl2NO5S/c1-4-36-25-14-20(12-21(30)27(25)38-16-19-7-8-22(31)23(32)13-19)15-26-28(34)33(29(35)39-26)9-10-37-24-11-17(2)5-6-18(24)3/h5-8,11-15H,4,9-10,16H2,1-3H3/b26-15-.